The lowest BCUT2D eigenvalue weighted by Gasteiger charge is -1.74. The third kappa shape index (κ3) is 5.55. The van der Waals surface area contributed by atoms with Gasteiger partial charge in [0.2, 0.25) is 0 Å². The van der Waals surface area contributed by atoms with Gasteiger partial charge in [0.1, 0.15) is 0 Å². The van der Waals surface area contributed by atoms with Crippen LogP contribution in [0.2, 0.25) is 0 Å². The van der Waals surface area contributed by atoms with Crippen molar-refractivity contribution in [3.05, 3.63) is 11.6 Å². The first-order chi connectivity index (χ1) is 3.91. The zero-order chi connectivity index (χ0) is 6.24. The second kappa shape index (κ2) is 6.55. The molecule has 2 heteroatoms. The second-order valence-corrected chi connectivity index (χ2v) is 1.40. The van der Waals surface area contributed by atoms with Crippen LogP contribution < -0.4 is 5.73 Å². The Morgan fingerprint density at radius 3 is 2.88 bits per heavy atom. The Morgan fingerprint density at radius 1 is 1.62 bits per heavy atom. The molecule has 0 spiro atoms. The molecule has 1 nitrogen and oxygen atoms in total. The highest BCUT2D eigenvalue weighted by atomic mass is 35.5. The molecular weight excluding hydrogens is 122 g/mol. The van der Waals surface area contributed by atoms with Crippen molar-refractivity contribution in [3.8, 4) is 11.8 Å². The van der Waals surface area contributed by atoms with E-state index in [1.54, 1.807) is 6.08 Å². The summed E-state index contributed by atoms with van der Waals surface area (Å²) in [5.41, 5.74) is 6.53. The van der Waals surface area contributed by atoms with Gasteiger partial charge in [-0.3, -0.25) is 0 Å². The minimum atomic E-state index is 0.614. The fourth-order valence-corrected chi connectivity index (χ4v) is 0.298. The first-order valence-corrected chi connectivity index (χ1v) is 2.79. The van der Waals surface area contributed by atoms with Crippen LogP contribution in [0.3, 0.4) is 0 Å². The minimum Gasteiger partial charge on any atom is -0.330 e. The number of allylic oxidation sites excluding steroid dienone is 1. The maximum absolute atomic E-state index is 5.17. The summed E-state index contributed by atoms with van der Waals surface area (Å²) in [5.74, 6) is 5.48. The van der Waals surface area contributed by atoms with Crippen LogP contribution in [-0.4, -0.2) is 6.54 Å². The fraction of sp³-hybridized carbons (Fsp3) is 0.333. The Kier molecular flexibility index (Phi) is 6.18. The molecule has 0 heterocycles. The van der Waals surface area contributed by atoms with Crippen molar-refractivity contribution in [2.24, 2.45) is 5.73 Å². The van der Waals surface area contributed by atoms with Crippen LogP contribution >= 0.6 is 11.6 Å². The second-order valence-electron chi connectivity index (χ2n) is 1.15. The van der Waals surface area contributed by atoms with Gasteiger partial charge in [0.05, 0.1) is 0 Å². The van der Waals surface area contributed by atoms with E-state index in [0.29, 0.717) is 6.54 Å². The van der Waals surface area contributed by atoms with Crippen LogP contribution in [0.4, 0.5) is 0 Å². The third-order valence-corrected chi connectivity index (χ3v) is 0.644. The molecule has 0 atom stereocenters. The van der Waals surface area contributed by atoms with E-state index < -0.39 is 0 Å². The lowest BCUT2D eigenvalue weighted by atomic mass is 10.4. The van der Waals surface area contributed by atoms with E-state index >= 15 is 0 Å². The predicted octanol–water partition coefficient (Wildman–Crippen LogP) is 1.09. The Bertz CT molecular complexity index is 118. The van der Waals surface area contributed by atoms with Crippen LogP contribution in [-0.2, 0) is 0 Å². The van der Waals surface area contributed by atoms with E-state index in [0.717, 1.165) is 6.42 Å². The van der Waals surface area contributed by atoms with Gasteiger partial charge in [0.25, 0.3) is 0 Å². The number of hydrogen-bond acceptors (Lipinski definition) is 1. The van der Waals surface area contributed by atoms with E-state index in [4.69, 9.17) is 17.3 Å². The zero-order valence-corrected chi connectivity index (χ0v) is 5.28. The molecule has 0 aromatic heterocycles. The molecule has 2 N–H and O–H groups in total. The molecule has 0 aliphatic rings. The number of nitrogens with two attached hydrogens (primary N) is 1. The summed E-state index contributed by atoms with van der Waals surface area (Å²) in [5, 5.41) is 0. The van der Waals surface area contributed by atoms with E-state index in [-0.39, 0.29) is 0 Å². The van der Waals surface area contributed by atoms with Gasteiger partial charge in [-0.05, 0) is 6.08 Å². The predicted molar refractivity (Wildman–Crippen MR) is 36.4 cm³/mol. The molecule has 8 heavy (non-hydrogen) atoms. The minimum absolute atomic E-state index is 0.614. The van der Waals surface area contributed by atoms with Gasteiger partial charge in [-0.2, -0.15) is 0 Å². The average molecular weight is 130 g/mol. The van der Waals surface area contributed by atoms with Crippen LogP contribution in [0.15, 0.2) is 11.6 Å². The molecule has 44 valence electrons. The highest BCUT2D eigenvalue weighted by molar-refractivity contribution is 6.25. The molecule has 0 aliphatic heterocycles. The fourth-order valence-electron chi connectivity index (χ4n) is 0.235. The van der Waals surface area contributed by atoms with E-state index in [1.165, 1.54) is 5.54 Å². The van der Waals surface area contributed by atoms with Crippen molar-refractivity contribution in [3.63, 3.8) is 0 Å². The third-order valence-electron chi connectivity index (χ3n) is 0.518. The van der Waals surface area contributed by atoms with E-state index in [1.807, 2.05) is 0 Å². The zero-order valence-electron chi connectivity index (χ0n) is 4.52. The Labute approximate surface area is 54.5 Å². The van der Waals surface area contributed by atoms with Crippen LogP contribution in [0.25, 0.3) is 0 Å². The van der Waals surface area contributed by atoms with Crippen molar-refractivity contribution in [2.45, 2.75) is 6.42 Å². The van der Waals surface area contributed by atoms with Crippen LogP contribution in [0.1, 0.15) is 6.42 Å². The van der Waals surface area contributed by atoms with Gasteiger partial charge in [0, 0.05) is 18.5 Å². The van der Waals surface area contributed by atoms with E-state index in [2.05, 4.69) is 11.8 Å². The van der Waals surface area contributed by atoms with Crippen molar-refractivity contribution in [2.75, 3.05) is 6.54 Å². The topological polar surface area (TPSA) is 26.0 Å². The highest BCUT2D eigenvalue weighted by Gasteiger charge is 1.65. The summed E-state index contributed by atoms with van der Waals surface area (Å²) in [6.45, 7) is 0.614. The van der Waals surface area contributed by atoms with Gasteiger partial charge in [-0.1, -0.05) is 23.4 Å². The summed E-state index contributed by atoms with van der Waals surface area (Å²) in [6, 6.07) is 0. The van der Waals surface area contributed by atoms with Gasteiger partial charge in [-0.15, -0.1) is 0 Å². The SMILES string of the molecule is NCCC#C/C=C\Cl. The number of hydrogen-bond donors (Lipinski definition) is 1. The van der Waals surface area contributed by atoms with Gasteiger partial charge in [0.15, 0.2) is 0 Å². The largest absolute Gasteiger partial charge is 0.330 e. The molecule has 0 radical (unpaired) electrons. The monoisotopic (exact) mass is 129 g/mol. The smallest absolute Gasteiger partial charge is 0.0215 e. The maximum Gasteiger partial charge on any atom is 0.0215 e. The summed E-state index contributed by atoms with van der Waals surface area (Å²) in [6.07, 6.45) is 2.32. The van der Waals surface area contributed by atoms with Crippen molar-refractivity contribution in [1.82, 2.24) is 0 Å². The quantitative estimate of drug-likeness (QED) is 0.527. The van der Waals surface area contributed by atoms with Gasteiger partial charge in [-0.25, -0.2) is 0 Å². The lowest BCUT2D eigenvalue weighted by Crippen LogP contribution is -1.95. The summed E-state index contributed by atoms with van der Waals surface area (Å²) < 4.78 is 0. The molecule has 0 aromatic carbocycles. The molecule has 0 rings (SSSR count). The van der Waals surface area contributed by atoms with Gasteiger partial charge >= 0.3 is 0 Å². The first-order valence-electron chi connectivity index (χ1n) is 2.35. The summed E-state index contributed by atoms with van der Waals surface area (Å²) >= 11 is 5.17. The Hall–Kier alpha value is -0.450. The molecule has 0 aliphatic carbocycles. The highest BCUT2D eigenvalue weighted by Crippen LogP contribution is 1.74. The molecule has 0 saturated heterocycles. The standard InChI is InChI=1S/C6H8ClN/c7-5-3-1-2-4-6-8/h3,5H,4,6,8H2/b5-3-. The molecule has 0 saturated carbocycles. The normalized spacial score (nSPS) is 8.75. The van der Waals surface area contributed by atoms with Crippen molar-refractivity contribution in [1.29, 1.82) is 0 Å². The van der Waals surface area contributed by atoms with Crippen LogP contribution in [0, 0.1) is 11.8 Å². The summed E-state index contributed by atoms with van der Waals surface area (Å²) in [7, 11) is 0. The first kappa shape index (κ1) is 7.55. The lowest BCUT2D eigenvalue weighted by molar-refractivity contribution is 1.03. The molecule has 0 amide bonds. The molecular formula is C6H8ClN. The summed E-state index contributed by atoms with van der Waals surface area (Å²) in [4.78, 5) is 0. The number of halogens is 1. The van der Waals surface area contributed by atoms with E-state index in [9.17, 15) is 0 Å². The number of rotatable bonds is 1. The molecule has 0 bridgehead atoms. The molecule has 0 aromatic rings. The Balaban J connectivity index is 3.21. The van der Waals surface area contributed by atoms with Crippen LogP contribution in [0.5, 0.6) is 0 Å². The van der Waals surface area contributed by atoms with Crippen molar-refractivity contribution < 1.29 is 0 Å². The van der Waals surface area contributed by atoms with Crippen molar-refractivity contribution >= 4 is 11.6 Å². The van der Waals surface area contributed by atoms with Gasteiger partial charge < -0.3 is 5.73 Å². The maximum atomic E-state index is 5.17. The Morgan fingerprint density at radius 2 is 2.38 bits per heavy atom. The molecule has 0 unspecified atom stereocenters. The molecule has 0 fully saturated rings. The average Bonchev–Trinajstić information content (AvgIpc) is 1.81.